The standard InChI is InChI=1S/C22H22N.2C20H20N.C13H24O2.C11H20O2.C5H8O2.3Ir/c1-15-11-16(2)13-20(12-15)22-10-8-19-14-18(7-9-21(19)23-22)17-5-3-4-6-17;2*1-13(2)17-6-5-7-20-18(17)8-9-19(21-20)16-11-14(3)10-15(4)12-16;1-5-10(6-2)12(14)9-13(15)11(7-3)8-4;1-8(2)5-10(12)7-11(13)6-9(3)4;1-4(6)3-5(2)7;;;/h7-12,14,17H,3-6H2,1-2H3;2*5-11,13H,1-4H3;9-11,14H,5-8H2,1-4H3;7-9,12H,5-6H2,1-4H3;3,6H,1-2H3;;;/q3*-1;;;;;;. The van der Waals surface area contributed by atoms with Crippen molar-refractivity contribution in [1.82, 2.24) is 15.0 Å². The van der Waals surface area contributed by atoms with Gasteiger partial charge in [0.15, 0.2) is 17.3 Å². The normalized spacial score (nSPS) is 12.2. The van der Waals surface area contributed by atoms with Crippen LogP contribution in [0, 0.1) is 83.4 Å². The zero-order valence-corrected chi connectivity index (χ0v) is 72.1. The smallest absolute Gasteiger partial charge is 0.162 e. The number of carbonyl (C=O) groups is 3. The number of aromatic nitrogens is 3. The van der Waals surface area contributed by atoms with Crippen molar-refractivity contribution >= 4 is 50.1 Å². The van der Waals surface area contributed by atoms with Crippen molar-refractivity contribution in [1.29, 1.82) is 0 Å². The van der Waals surface area contributed by atoms with Crippen LogP contribution < -0.4 is 0 Å². The average molecular weight is 1920 g/mol. The third-order valence-corrected chi connectivity index (χ3v) is 17.6. The average Bonchev–Trinajstić information content (AvgIpc) is 0.926. The van der Waals surface area contributed by atoms with Crippen molar-refractivity contribution < 1.29 is 90.0 Å². The Labute approximate surface area is 658 Å². The molecule has 3 aromatic heterocycles. The molecule has 559 valence electrons. The third kappa shape index (κ3) is 30.6. The van der Waals surface area contributed by atoms with Crippen LogP contribution in [0.4, 0.5) is 0 Å². The molecule has 9 nitrogen and oxygen atoms in total. The van der Waals surface area contributed by atoms with Crippen LogP contribution in [0.25, 0.3) is 66.5 Å². The second-order valence-corrected chi connectivity index (χ2v) is 28.6. The minimum Gasteiger partial charge on any atom is -0.512 e. The van der Waals surface area contributed by atoms with E-state index in [9.17, 15) is 24.6 Å². The van der Waals surface area contributed by atoms with E-state index in [1.54, 1.807) is 0 Å². The minimum atomic E-state index is -0.125. The van der Waals surface area contributed by atoms with Gasteiger partial charge in [0.05, 0.1) is 33.8 Å². The second kappa shape index (κ2) is 46.2. The Bertz CT molecular complexity index is 4060. The van der Waals surface area contributed by atoms with Gasteiger partial charge < -0.3 is 15.3 Å². The van der Waals surface area contributed by atoms with E-state index < -0.39 is 0 Å². The van der Waals surface area contributed by atoms with E-state index in [1.165, 1.54) is 113 Å². The summed E-state index contributed by atoms with van der Waals surface area (Å²) in [5, 5.41) is 31.2. The monoisotopic (exact) mass is 1920 g/mol. The molecule has 0 bridgehead atoms. The van der Waals surface area contributed by atoms with Gasteiger partial charge in [0.25, 0.3) is 0 Å². The molecule has 12 heteroatoms. The van der Waals surface area contributed by atoms with Gasteiger partial charge in [-0.05, 0) is 145 Å². The fourth-order valence-corrected chi connectivity index (χ4v) is 12.8. The number of hydrogen-bond acceptors (Lipinski definition) is 9. The van der Waals surface area contributed by atoms with E-state index in [4.69, 9.17) is 20.1 Å². The predicted octanol–water partition coefficient (Wildman–Crippen LogP) is 24.8. The fourth-order valence-electron chi connectivity index (χ4n) is 12.8. The van der Waals surface area contributed by atoms with Gasteiger partial charge in [-0.1, -0.05) is 204 Å². The maximum absolute atomic E-state index is 11.7. The number of aryl methyl sites for hydroxylation is 6. The molecule has 3 heterocycles. The van der Waals surface area contributed by atoms with Gasteiger partial charge in [0, 0.05) is 114 Å². The van der Waals surface area contributed by atoms with Crippen LogP contribution in [0.15, 0.2) is 163 Å². The Kier molecular flexibility index (Phi) is 41.3. The number of rotatable bonds is 19. The van der Waals surface area contributed by atoms with Crippen molar-refractivity contribution in [3.8, 4) is 33.8 Å². The van der Waals surface area contributed by atoms with Gasteiger partial charge in [-0.3, -0.25) is 29.3 Å². The number of pyridine rings is 3. The second-order valence-electron chi connectivity index (χ2n) is 28.6. The molecule has 0 aliphatic heterocycles. The molecular weight excluding hydrogens is 1810 g/mol. The van der Waals surface area contributed by atoms with Crippen LogP contribution in [-0.2, 0) is 74.7 Å². The molecule has 0 atom stereocenters. The summed E-state index contributed by atoms with van der Waals surface area (Å²) in [5.74, 6) is 3.24. The first-order valence-electron chi connectivity index (χ1n) is 36.4. The first-order chi connectivity index (χ1) is 47.4. The fraction of sp³-hybridized carbons (Fsp3) is 0.407. The summed E-state index contributed by atoms with van der Waals surface area (Å²) in [5.41, 5.74) is 20.9. The summed E-state index contributed by atoms with van der Waals surface area (Å²) in [7, 11) is 0. The van der Waals surface area contributed by atoms with Crippen molar-refractivity contribution in [3.05, 3.63) is 231 Å². The Hall–Kier alpha value is -6.87. The van der Waals surface area contributed by atoms with E-state index in [2.05, 4.69) is 215 Å². The minimum absolute atomic E-state index is 0. The predicted molar refractivity (Wildman–Crippen MR) is 421 cm³/mol. The molecule has 1 aliphatic rings. The number of hydrogen-bond donors (Lipinski definition) is 3. The molecule has 6 aromatic carbocycles. The Morgan fingerprint density at radius 2 is 0.883 bits per heavy atom. The summed E-state index contributed by atoms with van der Waals surface area (Å²) in [6.45, 7) is 40.4. The van der Waals surface area contributed by atoms with E-state index in [0.717, 1.165) is 93.1 Å². The zero-order valence-electron chi connectivity index (χ0n) is 64.9. The SMILES string of the molecule is CC(=O)C=C(C)O.CC(C)CC(=O)C=C(O)CC(C)C.CCC(CC)C(=O)C=C(O)C(CC)CC.Cc1[c-]c(-c2ccc3c(C(C)C)cccc3n2)cc(C)c1.Cc1[c-]c(-c2ccc3c(C(C)C)cccc3n2)cc(C)c1.Cc1[c-]c(-c2ccc3cc(C4CCCC4)ccc3n2)cc(C)c1.[Ir].[Ir].[Ir]. The largest absolute Gasteiger partial charge is 0.512 e. The van der Waals surface area contributed by atoms with Crippen LogP contribution >= 0.6 is 0 Å². The van der Waals surface area contributed by atoms with Crippen molar-refractivity contribution in [2.45, 2.75) is 220 Å². The Morgan fingerprint density at radius 3 is 1.24 bits per heavy atom. The maximum Gasteiger partial charge on any atom is 0.162 e. The quantitative estimate of drug-likeness (QED) is 0.0408. The molecule has 10 rings (SSSR count). The Morgan fingerprint density at radius 1 is 0.476 bits per heavy atom. The van der Waals surface area contributed by atoms with Crippen LogP contribution in [0.5, 0.6) is 0 Å². The molecule has 0 unspecified atom stereocenters. The number of ketones is 3. The number of carbonyl (C=O) groups excluding carboxylic acids is 3. The maximum atomic E-state index is 11.7. The summed E-state index contributed by atoms with van der Waals surface area (Å²) in [6.07, 6.45) is 14.0. The first-order valence-corrected chi connectivity index (χ1v) is 36.4. The summed E-state index contributed by atoms with van der Waals surface area (Å²) in [6, 6.07) is 55.6. The van der Waals surface area contributed by atoms with Crippen molar-refractivity contribution in [3.63, 3.8) is 0 Å². The molecule has 1 saturated carbocycles. The van der Waals surface area contributed by atoms with Gasteiger partial charge in [0.2, 0.25) is 0 Å². The number of nitrogens with zero attached hydrogens (tertiary/aromatic N) is 3. The molecular formula is C91H114Ir3N3O6-3. The van der Waals surface area contributed by atoms with Gasteiger partial charge in [-0.25, -0.2) is 0 Å². The molecule has 9 aromatic rings. The van der Waals surface area contributed by atoms with Gasteiger partial charge >= 0.3 is 0 Å². The molecule has 1 fully saturated rings. The van der Waals surface area contributed by atoms with E-state index in [0.29, 0.717) is 36.5 Å². The topological polar surface area (TPSA) is 151 Å². The molecule has 3 N–H and O–H groups in total. The summed E-state index contributed by atoms with van der Waals surface area (Å²) < 4.78 is 0. The number of benzene rings is 6. The van der Waals surface area contributed by atoms with Gasteiger partial charge in [0.1, 0.15) is 0 Å². The molecule has 103 heavy (non-hydrogen) atoms. The number of fused-ring (bicyclic) bond motifs is 3. The molecule has 0 saturated heterocycles. The van der Waals surface area contributed by atoms with Crippen LogP contribution in [0.2, 0.25) is 0 Å². The van der Waals surface area contributed by atoms with Gasteiger partial charge in [-0.2, -0.15) is 0 Å². The summed E-state index contributed by atoms with van der Waals surface area (Å²) in [4.78, 5) is 47.5. The van der Waals surface area contributed by atoms with E-state index >= 15 is 0 Å². The number of aliphatic hydroxyl groups excluding tert-OH is 3. The summed E-state index contributed by atoms with van der Waals surface area (Å²) >= 11 is 0. The Balaban J connectivity index is 0.000000430. The zero-order chi connectivity index (χ0) is 73.9. The third-order valence-electron chi connectivity index (χ3n) is 17.6. The van der Waals surface area contributed by atoms with E-state index in [-0.39, 0.29) is 107 Å². The van der Waals surface area contributed by atoms with Crippen LogP contribution in [0.3, 0.4) is 0 Å². The molecule has 3 radical (unpaired) electrons. The number of allylic oxidation sites excluding steroid dienone is 6. The molecule has 0 spiro atoms. The van der Waals surface area contributed by atoms with Crippen LogP contribution in [-0.4, -0.2) is 47.6 Å². The van der Waals surface area contributed by atoms with Gasteiger partial charge in [-0.15, -0.1) is 105 Å². The van der Waals surface area contributed by atoms with E-state index in [1.807, 2.05) is 55.4 Å². The molecule has 1 aliphatic carbocycles. The van der Waals surface area contributed by atoms with Crippen molar-refractivity contribution in [2.24, 2.45) is 23.7 Å². The molecule has 0 amide bonds. The first kappa shape index (κ1) is 92.2. The number of aliphatic hydroxyl groups is 3. The van der Waals surface area contributed by atoms with Crippen molar-refractivity contribution in [2.75, 3.05) is 0 Å². The van der Waals surface area contributed by atoms with Crippen LogP contribution in [0.1, 0.15) is 229 Å².